The minimum atomic E-state index is -2.46. The van der Waals surface area contributed by atoms with Crippen LogP contribution in [-0.4, -0.2) is 57.0 Å². The van der Waals surface area contributed by atoms with Gasteiger partial charge in [-0.25, -0.2) is 4.79 Å². The quantitative estimate of drug-likeness (QED) is 0.284. The highest BCUT2D eigenvalue weighted by atomic mass is 16.7. The van der Waals surface area contributed by atoms with Crippen molar-refractivity contribution in [2.24, 2.45) is 17.0 Å². The number of carboxylic acids is 1. The van der Waals surface area contributed by atoms with Gasteiger partial charge in [-0.05, 0) is 5.53 Å². The van der Waals surface area contributed by atoms with Gasteiger partial charge in [0.15, 0.2) is 0 Å². The number of aliphatic hydroxyl groups is 3. The fourth-order valence-electron chi connectivity index (χ4n) is 2.60. The number of rotatable bonds is 3. The Morgan fingerprint density at radius 1 is 1.56 bits per heavy atom. The second kappa shape index (κ2) is 4.38. The molecule has 3 unspecified atom stereocenters. The molecule has 2 rings (SSSR count). The molecule has 100 valence electrons. The van der Waals surface area contributed by atoms with Gasteiger partial charge in [0.05, 0.1) is 18.3 Å². The number of fused-ring (bicyclic) bond motifs is 1. The molecule has 1 aliphatic heterocycles. The van der Waals surface area contributed by atoms with E-state index in [4.69, 9.17) is 15.4 Å². The highest BCUT2D eigenvalue weighted by Crippen LogP contribution is 2.47. The third kappa shape index (κ3) is 1.82. The number of hydrogen-bond donors (Lipinski definition) is 4. The monoisotopic (exact) mass is 259 g/mol. The molecule has 2 aliphatic rings. The van der Waals surface area contributed by atoms with Gasteiger partial charge in [0, 0.05) is 29.7 Å². The third-order valence-corrected chi connectivity index (χ3v) is 3.59. The second-order valence-corrected chi connectivity index (χ2v) is 4.59. The lowest BCUT2D eigenvalue weighted by atomic mass is 9.63. The average molecular weight is 259 g/mol. The van der Waals surface area contributed by atoms with Gasteiger partial charge in [0.1, 0.15) is 0 Å². The summed E-state index contributed by atoms with van der Waals surface area (Å²) in [5.41, 5.74) is 8.20. The van der Waals surface area contributed by atoms with Gasteiger partial charge in [0.2, 0.25) is 0 Å². The molecule has 1 saturated carbocycles. The lowest BCUT2D eigenvalue weighted by Gasteiger charge is -2.55. The van der Waals surface area contributed by atoms with Gasteiger partial charge in [-0.3, -0.25) is 0 Å². The minimum Gasteiger partial charge on any atom is -0.477 e. The van der Waals surface area contributed by atoms with Crippen LogP contribution >= 0.6 is 0 Å². The van der Waals surface area contributed by atoms with Crippen molar-refractivity contribution in [3.05, 3.63) is 10.4 Å². The van der Waals surface area contributed by atoms with Crippen LogP contribution in [0.3, 0.4) is 0 Å². The molecule has 2 fully saturated rings. The van der Waals surface area contributed by atoms with Gasteiger partial charge >= 0.3 is 5.97 Å². The lowest BCUT2D eigenvalue weighted by molar-refractivity contribution is -0.339. The predicted octanol–water partition coefficient (Wildman–Crippen LogP) is -1.17. The number of carbonyl (C=O) groups is 1. The molecule has 1 saturated heterocycles. The summed E-state index contributed by atoms with van der Waals surface area (Å²) < 4.78 is 5.04. The maximum Gasteiger partial charge on any atom is 0.364 e. The van der Waals surface area contributed by atoms with Gasteiger partial charge in [-0.2, -0.15) is 0 Å². The van der Waals surface area contributed by atoms with Crippen LogP contribution in [0.25, 0.3) is 10.4 Å². The summed E-state index contributed by atoms with van der Waals surface area (Å²) >= 11 is 0. The van der Waals surface area contributed by atoms with Crippen LogP contribution in [0.2, 0.25) is 0 Å². The molecule has 0 amide bonds. The molecule has 0 bridgehead atoms. The van der Waals surface area contributed by atoms with Crippen LogP contribution < -0.4 is 0 Å². The number of nitrogens with zero attached hydrogens (tertiary/aromatic N) is 3. The largest absolute Gasteiger partial charge is 0.477 e. The summed E-state index contributed by atoms with van der Waals surface area (Å²) in [5, 5.41) is 41.3. The Bertz CT molecular complexity index is 411. The van der Waals surface area contributed by atoms with E-state index in [1.807, 2.05) is 0 Å². The minimum absolute atomic E-state index is 0.0821. The third-order valence-electron chi connectivity index (χ3n) is 3.59. The molecular weight excluding hydrogens is 246 g/mol. The van der Waals surface area contributed by atoms with Crippen LogP contribution in [0.1, 0.15) is 6.42 Å². The van der Waals surface area contributed by atoms with Crippen molar-refractivity contribution in [3.63, 3.8) is 0 Å². The summed E-state index contributed by atoms with van der Waals surface area (Å²) in [5.74, 6) is -5.34. The first-order valence-corrected chi connectivity index (χ1v) is 5.41. The Kier molecular flexibility index (Phi) is 3.18. The number of carboxylic acid groups (broad SMARTS) is 1. The molecular formula is C9H13N3O6. The molecule has 0 spiro atoms. The first-order valence-electron chi connectivity index (χ1n) is 5.41. The zero-order valence-corrected chi connectivity index (χ0v) is 9.25. The van der Waals surface area contributed by atoms with Crippen molar-refractivity contribution in [3.8, 4) is 0 Å². The fourth-order valence-corrected chi connectivity index (χ4v) is 2.60. The number of aliphatic hydroxyl groups excluding tert-OH is 2. The molecule has 6 atom stereocenters. The fraction of sp³-hybridized carbons (Fsp3) is 0.889. The first-order chi connectivity index (χ1) is 8.40. The van der Waals surface area contributed by atoms with E-state index in [1.54, 1.807) is 0 Å². The Morgan fingerprint density at radius 3 is 2.78 bits per heavy atom. The number of azide groups is 1. The van der Waals surface area contributed by atoms with Crippen molar-refractivity contribution in [2.75, 3.05) is 6.54 Å². The SMILES string of the molecule is [N-]=[N+]=NCC1C2OC(O)(C(=O)O)C[C@@H](O)[C@H]2[C@H]1O. The van der Waals surface area contributed by atoms with E-state index in [0.717, 1.165) is 0 Å². The molecule has 1 aliphatic carbocycles. The molecule has 4 N–H and O–H groups in total. The van der Waals surface area contributed by atoms with Crippen molar-refractivity contribution >= 4 is 5.97 Å². The van der Waals surface area contributed by atoms with E-state index < -0.39 is 48.3 Å². The zero-order valence-electron chi connectivity index (χ0n) is 9.25. The number of aliphatic carboxylic acids is 1. The molecule has 9 nitrogen and oxygen atoms in total. The molecule has 0 aromatic heterocycles. The van der Waals surface area contributed by atoms with Crippen LogP contribution in [0.4, 0.5) is 0 Å². The molecule has 1 heterocycles. The normalized spacial score (nSPS) is 46.5. The summed E-state index contributed by atoms with van der Waals surface area (Å²) in [6.45, 7) is -0.0821. The molecule has 9 heteroatoms. The lowest BCUT2D eigenvalue weighted by Crippen LogP contribution is -2.69. The second-order valence-electron chi connectivity index (χ2n) is 4.59. The highest BCUT2D eigenvalue weighted by molar-refractivity contribution is 5.75. The number of ether oxygens (including phenoxy) is 1. The molecule has 0 aromatic rings. The maximum absolute atomic E-state index is 10.9. The molecule has 0 aromatic carbocycles. The maximum atomic E-state index is 10.9. The molecule has 18 heavy (non-hydrogen) atoms. The topological polar surface area (TPSA) is 156 Å². The van der Waals surface area contributed by atoms with Gasteiger partial charge in [-0.1, -0.05) is 5.11 Å². The van der Waals surface area contributed by atoms with E-state index in [0.29, 0.717) is 0 Å². The van der Waals surface area contributed by atoms with Crippen LogP contribution in [0.15, 0.2) is 5.11 Å². The van der Waals surface area contributed by atoms with Crippen LogP contribution in [-0.2, 0) is 9.53 Å². The average Bonchev–Trinajstić information content (AvgIpc) is 2.28. The summed E-state index contributed by atoms with van der Waals surface area (Å²) in [4.78, 5) is 13.4. The van der Waals surface area contributed by atoms with Crippen molar-refractivity contribution in [1.29, 1.82) is 0 Å². The zero-order chi connectivity index (χ0) is 13.5. The van der Waals surface area contributed by atoms with Crippen LogP contribution in [0, 0.1) is 11.8 Å². The Hall–Kier alpha value is -1.38. The van der Waals surface area contributed by atoms with Crippen molar-refractivity contribution in [2.45, 2.75) is 30.5 Å². The van der Waals surface area contributed by atoms with Gasteiger partial charge in [-0.15, -0.1) is 0 Å². The summed E-state index contributed by atoms with van der Waals surface area (Å²) in [7, 11) is 0. The Morgan fingerprint density at radius 2 is 2.22 bits per heavy atom. The number of hydrogen-bond acceptors (Lipinski definition) is 6. The molecule has 0 radical (unpaired) electrons. The van der Waals surface area contributed by atoms with E-state index in [9.17, 15) is 20.1 Å². The van der Waals surface area contributed by atoms with E-state index in [2.05, 4.69) is 10.0 Å². The summed E-state index contributed by atoms with van der Waals surface area (Å²) in [6.07, 6.45) is -3.46. The van der Waals surface area contributed by atoms with E-state index in [-0.39, 0.29) is 6.54 Å². The predicted molar refractivity (Wildman–Crippen MR) is 55.1 cm³/mol. The van der Waals surface area contributed by atoms with Gasteiger partial charge in [0.25, 0.3) is 5.79 Å². The van der Waals surface area contributed by atoms with Crippen molar-refractivity contribution < 1.29 is 30.0 Å². The first kappa shape index (κ1) is 13.1. The van der Waals surface area contributed by atoms with Crippen molar-refractivity contribution in [1.82, 2.24) is 0 Å². The summed E-state index contributed by atoms with van der Waals surface area (Å²) in [6, 6.07) is 0. The Balaban J connectivity index is 2.15. The smallest absolute Gasteiger partial charge is 0.364 e. The highest BCUT2D eigenvalue weighted by Gasteiger charge is 2.62. The van der Waals surface area contributed by atoms with Crippen LogP contribution in [0.5, 0.6) is 0 Å². The Labute approximate surface area is 101 Å². The standard InChI is InChI=1S/C9H13N3O6/c10-12-11-2-3-6(14)5-4(13)1-9(17,8(15)16)18-7(3)5/h3-7,13-14,17H,1-2H2,(H,15,16)/t3?,4-,5+,6+,7?,9?/m1/s1. The van der Waals surface area contributed by atoms with Gasteiger partial charge < -0.3 is 25.2 Å². The van der Waals surface area contributed by atoms with E-state index in [1.165, 1.54) is 0 Å². The van der Waals surface area contributed by atoms with E-state index >= 15 is 0 Å².